The predicted octanol–water partition coefficient (Wildman–Crippen LogP) is 2.51. The van der Waals surface area contributed by atoms with Crippen molar-refractivity contribution in [3.63, 3.8) is 0 Å². The number of rotatable bonds is 3. The van der Waals surface area contributed by atoms with E-state index >= 15 is 0 Å². The minimum atomic E-state index is -0.757. The van der Waals surface area contributed by atoms with E-state index in [1.165, 1.54) is 0 Å². The molecule has 5 nitrogen and oxygen atoms in total. The van der Waals surface area contributed by atoms with Crippen molar-refractivity contribution in [2.75, 3.05) is 6.54 Å². The monoisotopic (exact) mass is 274 g/mol. The van der Waals surface area contributed by atoms with Crippen molar-refractivity contribution in [2.45, 2.75) is 32.4 Å². The summed E-state index contributed by atoms with van der Waals surface area (Å²) in [5.41, 5.74) is 1.57. The van der Waals surface area contributed by atoms with Crippen LogP contribution in [0.4, 0.5) is 0 Å². The van der Waals surface area contributed by atoms with Gasteiger partial charge in [-0.05, 0) is 37.4 Å². The largest absolute Gasteiger partial charge is 0.480 e. The van der Waals surface area contributed by atoms with Gasteiger partial charge in [-0.2, -0.15) is 0 Å². The van der Waals surface area contributed by atoms with E-state index in [4.69, 9.17) is 4.42 Å². The van der Waals surface area contributed by atoms with E-state index in [9.17, 15) is 9.90 Å². The summed E-state index contributed by atoms with van der Waals surface area (Å²) >= 11 is 0. The summed E-state index contributed by atoms with van der Waals surface area (Å²) in [5, 5.41) is 9.35. The Kier molecular flexibility index (Phi) is 3.44. The van der Waals surface area contributed by atoms with Crippen LogP contribution in [0.2, 0.25) is 0 Å². The number of hydrogen-bond acceptors (Lipinski definition) is 4. The van der Waals surface area contributed by atoms with Crippen LogP contribution in [-0.2, 0) is 11.3 Å². The smallest absolute Gasteiger partial charge is 0.320 e. The van der Waals surface area contributed by atoms with E-state index in [2.05, 4.69) is 11.9 Å². The Morgan fingerprint density at radius 3 is 3.05 bits per heavy atom. The first kappa shape index (κ1) is 13.1. The van der Waals surface area contributed by atoms with Gasteiger partial charge in [0.15, 0.2) is 5.58 Å². The van der Waals surface area contributed by atoms with Crippen molar-refractivity contribution in [3.8, 4) is 0 Å². The van der Waals surface area contributed by atoms with Gasteiger partial charge in [0.2, 0.25) is 5.89 Å². The van der Waals surface area contributed by atoms with Gasteiger partial charge in [0.25, 0.3) is 0 Å². The number of carbonyl (C=O) groups is 1. The maximum Gasteiger partial charge on any atom is 0.320 e. The lowest BCUT2D eigenvalue weighted by atomic mass is 9.92. The zero-order valence-corrected chi connectivity index (χ0v) is 11.5. The van der Waals surface area contributed by atoms with E-state index in [-0.39, 0.29) is 0 Å². The lowest BCUT2D eigenvalue weighted by molar-refractivity contribution is -0.145. The molecule has 5 heteroatoms. The molecule has 1 N–H and O–H groups in total. The molecule has 1 aromatic carbocycles. The summed E-state index contributed by atoms with van der Waals surface area (Å²) in [7, 11) is 0. The standard InChI is InChI=1S/C15H18N2O3/c1-10-6-7-17(12(8-10)15(18)19)9-14-16-11-4-2-3-5-13(11)20-14/h2-5,10,12H,6-9H2,1H3,(H,18,19). The van der Waals surface area contributed by atoms with Crippen LogP contribution in [0.15, 0.2) is 28.7 Å². The Morgan fingerprint density at radius 1 is 1.50 bits per heavy atom. The normalized spacial score (nSPS) is 24.1. The third-order valence-corrected chi connectivity index (χ3v) is 3.94. The third-order valence-electron chi connectivity index (χ3n) is 3.94. The van der Waals surface area contributed by atoms with Crippen molar-refractivity contribution in [1.29, 1.82) is 0 Å². The summed E-state index contributed by atoms with van der Waals surface area (Å²) in [4.78, 5) is 17.7. The molecule has 3 rings (SSSR count). The van der Waals surface area contributed by atoms with Gasteiger partial charge < -0.3 is 9.52 Å². The molecule has 0 spiro atoms. The maximum atomic E-state index is 11.4. The SMILES string of the molecule is CC1CCN(Cc2nc3ccccc3o2)C(C(=O)O)C1. The zero-order valence-electron chi connectivity index (χ0n) is 11.5. The van der Waals surface area contributed by atoms with Crippen LogP contribution in [-0.4, -0.2) is 33.5 Å². The van der Waals surface area contributed by atoms with Gasteiger partial charge in [-0.3, -0.25) is 9.69 Å². The summed E-state index contributed by atoms with van der Waals surface area (Å²) in [6.45, 7) is 3.34. The topological polar surface area (TPSA) is 66.6 Å². The molecule has 1 aliphatic rings. The highest BCUT2D eigenvalue weighted by Gasteiger charge is 2.32. The number of carboxylic acid groups (broad SMARTS) is 1. The molecule has 0 amide bonds. The van der Waals surface area contributed by atoms with Crippen molar-refractivity contribution >= 4 is 17.1 Å². The average molecular weight is 274 g/mol. The number of benzene rings is 1. The van der Waals surface area contributed by atoms with Crippen LogP contribution in [0, 0.1) is 5.92 Å². The minimum Gasteiger partial charge on any atom is -0.480 e. The van der Waals surface area contributed by atoms with Gasteiger partial charge in [0, 0.05) is 0 Å². The molecular weight excluding hydrogens is 256 g/mol. The summed E-state index contributed by atoms with van der Waals surface area (Å²) in [6.07, 6.45) is 1.71. The van der Waals surface area contributed by atoms with Crippen LogP contribution in [0.5, 0.6) is 0 Å². The predicted molar refractivity (Wildman–Crippen MR) is 74.2 cm³/mol. The number of aliphatic carboxylic acids is 1. The fourth-order valence-electron chi connectivity index (χ4n) is 2.80. The van der Waals surface area contributed by atoms with Gasteiger partial charge in [0.05, 0.1) is 6.54 Å². The van der Waals surface area contributed by atoms with E-state index in [0.29, 0.717) is 24.8 Å². The molecule has 106 valence electrons. The fraction of sp³-hybridized carbons (Fsp3) is 0.467. The second-order valence-corrected chi connectivity index (χ2v) is 5.53. The first-order valence-electron chi connectivity index (χ1n) is 6.95. The second-order valence-electron chi connectivity index (χ2n) is 5.53. The number of para-hydroxylation sites is 2. The molecule has 0 bridgehead atoms. The molecule has 2 heterocycles. The van der Waals surface area contributed by atoms with Crippen molar-refractivity contribution in [2.24, 2.45) is 5.92 Å². The molecule has 20 heavy (non-hydrogen) atoms. The molecule has 0 radical (unpaired) electrons. The Hall–Kier alpha value is -1.88. The summed E-state index contributed by atoms with van der Waals surface area (Å²) in [6, 6.07) is 7.15. The number of aromatic nitrogens is 1. The molecule has 2 unspecified atom stereocenters. The highest BCUT2D eigenvalue weighted by molar-refractivity contribution is 5.74. The van der Waals surface area contributed by atoms with Crippen LogP contribution < -0.4 is 0 Å². The third kappa shape index (κ3) is 2.54. The van der Waals surface area contributed by atoms with Crippen molar-refractivity contribution in [1.82, 2.24) is 9.88 Å². The minimum absolute atomic E-state index is 0.436. The second kappa shape index (κ2) is 5.25. The molecule has 1 aliphatic heterocycles. The van der Waals surface area contributed by atoms with Crippen LogP contribution in [0.3, 0.4) is 0 Å². The number of fused-ring (bicyclic) bond motifs is 1. The Morgan fingerprint density at radius 2 is 2.30 bits per heavy atom. The molecule has 0 saturated carbocycles. The number of nitrogens with zero attached hydrogens (tertiary/aromatic N) is 2. The fourth-order valence-corrected chi connectivity index (χ4v) is 2.80. The first-order chi connectivity index (χ1) is 9.63. The van der Waals surface area contributed by atoms with Crippen LogP contribution >= 0.6 is 0 Å². The van der Waals surface area contributed by atoms with E-state index in [1.807, 2.05) is 29.2 Å². The first-order valence-corrected chi connectivity index (χ1v) is 6.95. The van der Waals surface area contributed by atoms with Gasteiger partial charge in [0.1, 0.15) is 11.6 Å². The van der Waals surface area contributed by atoms with Crippen LogP contribution in [0.1, 0.15) is 25.7 Å². The highest BCUT2D eigenvalue weighted by Crippen LogP contribution is 2.25. The van der Waals surface area contributed by atoms with E-state index in [1.54, 1.807) is 0 Å². The molecule has 1 aromatic heterocycles. The van der Waals surface area contributed by atoms with E-state index < -0.39 is 12.0 Å². The molecule has 1 fully saturated rings. The average Bonchev–Trinajstić information content (AvgIpc) is 2.82. The Bertz CT molecular complexity index is 589. The Balaban J connectivity index is 1.80. The molecule has 0 aliphatic carbocycles. The lowest BCUT2D eigenvalue weighted by Gasteiger charge is -2.34. The number of oxazole rings is 1. The quantitative estimate of drug-likeness (QED) is 0.931. The zero-order chi connectivity index (χ0) is 14.1. The van der Waals surface area contributed by atoms with Crippen molar-refractivity contribution < 1.29 is 14.3 Å². The summed E-state index contributed by atoms with van der Waals surface area (Å²) < 4.78 is 5.68. The number of piperidine rings is 1. The molecular formula is C15H18N2O3. The van der Waals surface area contributed by atoms with Crippen molar-refractivity contribution in [3.05, 3.63) is 30.2 Å². The number of hydrogen-bond donors (Lipinski definition) is 1. The van der Waals surface area contributed by atoms with Gasteiger partial charge >= 0.3 is 5.97 Å². The van der Waals surface area contributed by atoms with E-state index in [0.717, 1.165) is 24.1 Å². The number of likely N-dealkylation sites (tertiary alicyclic amines) is 1. The highest BCUT2D eigenvalue weighted by atomic mass is 16.4. The lowest BCUT2D eigenvalue weighted by Crippen LogP contribution is -2.46. The van der Waals surface area contributed by atoms with Gasteiger partial charge in [-0.15, -0.1) is 0 Å². The number of carboxylic acids is 1. The maximum absolute atomic E-state index is 11.4. The molecule has 2 atom stereocenters. The molecule has 2 aromatic rings. The van der Waals surface area contributed by atoms with Gasteiger partial charge in [-0.1, -0.05) is 19.1 Å². The summed E-state index contributed by atoms with van der Waals surface area (Å²) in [5.74, 6) is 0.288. The Labute approximate surface area is 117 Å². The van der Waals surface area contributed by atoms with Gasteiger partial charge in [-0.25, -0.2) is 4.98 Å². The van der Waals surface area contributed by atoms with Crippen LogP contribution in [0.25, 0.3) is 11.1 Å². The molecule has 1 saturated heterocycles.